The van der Waals surface area contributed by atoms with Gasteiger partial charge in [-0.2, -0.15) is 0 Å². The van der Waals surface area contributed by atoms with Crippen LogP contribution in [0.25, 0.3) is 0 Å². The van der Waals surface area contributed by atoms with E-state index in [0.29, 0.717) is 0 Å². The first-order valence-electron chi connectivity index (χ1n) is 5.79. The van der Waals surface area contributed by atoms with Crippen LogP contribution in [0.15, 0.2) is 54.6 Å². The number of aliphatic hydroxyl groups is 1. The molecule has 1 unspecified atom stereocenters. The molecule has 1 atom stereocenters. The van der Waals surface area contributed by atoms with Crippen molar-refractivity contribution in [2.75, 3.05) is 13.7 Å². The Hall–Kier alpha value is -2.00. The molecule has 2 aromatic rings. The van der Waals surface area contributed by atoms with Gasteiger partial charge in [0.05, 0.1) is 7.11 Å². The molecule has 0 fully saturated rings. The van der Waals surface area contributed by atoms with Gasteiger partial charge in [-0.3, -0.25) is 0 Å². The maximum atomic E-state index is 10.0. The average molecular weight is 244 g/mol. The van der Waals surface area contributed by atoms with Gasteiger partial charge in [0, 0.05) is 0 Å². The highest BCUT2D eigenvalue weighted by atomic mass is 16.5. The van der Waals surface area contributed by atoms with Crippen LogP contribution in [0.4, 0.5) is 0 Å². The summed E-state index contributed by atoms with van der Waals surface area (Å²) >= 11 is 0. The number of ether oxygens (including phenoxy) is 2. The zero-order valence-corrected chi connectivity index (χ0v) is 10.2. The minimum atomic E-state index is -0.666. The molecule has 0 saturated carbocycles. The van der Waals surface area contributed by atoms with Gasteiger partial charge in [0.2, 0.25) is 0 Å². The summed E-state index contributed by atoms with van der Waals surface area (Å²) in [6.45, 7) is 0.219. The van der Waals surface area contributed by atoms with Crippen molar-refractivity contribution in [2.24, 2.45) is 0 Å². The Bertz CT molecular complexity index is 482. The van der Waals surface area contributed by atoms with Gasteiger partial charge in [0.1, 0.15) is 24.2 Å². The van der Waals surface area contributed by atoms with Crippen LogP contribution in [0.5, 0.6) is 11.5 Å². The van der Waals surface area contributed by atoms with Gasteiger partial charge in [-0.15, -0.1) is 0 Å². The van der Waals surface area contributed by atoms with E-state index >= 15 is 0 Å². The summed E-state index contributed by atoms with van der Waals surface area (Å²) in [7, 11) is 1.60. The Morgan fingerprint density at radius 3 is 2.44 bits per heavy atom. The van der Waals surface area contributed by atoms with Crippen LogP contribution < -0.4 is 9.47 Å². The summed E-state index contributed by atoms with van der Waals surface area (Å²) in [5.74, 6) is 1.48. The quantitative estimate of drug-likeness (QED) is 0.879. The Morgan fingerprint density at radius 1 is 1.00 bits per heavy atom. The van der Waals surface area contributed by atoms with Gasteiger partial charge in [0.25, 0.3) is 0 Å². The van der Waals surface area contributed by atoms with Crippen molar-refractivity contribution in [1.29, 1.82) is 0 Å². The van der Waals surface area contributed by atoms with Crippen LogP contribution in [0, 0.1) is 0 Å². The molecule has 0 aliphatic rings. The molecular formula is C15H16O3. The standard InChI is InChI=1S/C15H16O3/c1-17-14-9-5-6-12(10-14)15(16)11-18-13-7-3-2-4-8-13/h2-10,15-16H,11H2,1H3. The van der Waals surface area contributed by atoms with Crippen molar-refractivity contribution in [2.45, 2.75) is 6.10 Å². The van der Waals surface area contributed by atoms with Crippen molar-refractivity contribution in [3.63, 3.8) is 0 Å². The number of rotatable bonds is 5. The Kier molecular flexibility index (Phi) is 4.20. The molecule has 3 heteroatoms. The van der Waals surface area contributed by atoms with Crippen LogP contribution in [0.3, 0.4) is 0 Å². The highest BCUT2D eigenvalue weighted by molar-refractivity contribution is 5.30. The molecule has 94 valence electrons. The number of hydrogen-bond acceptors (Lipinski definition) is 3. The van der Waals surface area contributed by atoms with Crippen LogP contribution in [0.1, 0.15) is 11.7 Å². The SMILES string of the molecule is COc1cccc(C(O)COc2ccccc2)c1. The van der Waals surface area contributed by atoms with Gasteiger partial charge < -0.3 is 14.6 Å². The summed E-state index contributed by atoms with van der Waals surface area (Å²) in [4.78, 5) is 0. The van der Waals surface area contributed by atoms with E-state index in [4.69, 9.17) is 9.47 Å². The summed E-state index contributed by atoms with van der Waals surface area (Å²) < 4.78 is 10.6. The molecule has 1 N–H and O–H groups in total. The maximum absolute atomic E-state index is 10.0. The molecule has 0 saturated heterocycles. The number of methoxy groups -OCH3 is 1. The van der Waals surface area contributed by atoms with Crippen molar-refractivity contribution < 1.29 is 14.6 Å². The van der Waals surface area contributed by atoms with Gasteiger partial charge >= 0.3 is 0 Å². The zero-order chi connectivity index (χ0) is 12.8. The highest BCUT2D eigenvalue weighted by Crippen LogP contribution is 2.20. The number of aliphatic hydroxyl groups excluding tert-OH is 1. The lowest BCUT2D eigenvalue weighted by molar-refractivity contribution is 0.108. The molecule has 2 rings (SSSR count). The van der Waals surface area contributed by atoms with Crippen LogP contribution in [0.2, 0.25) is 0 Å². The fraction of sp³-hybridized carbons (Fsp3) is 0.200. The minimum Gasteiger partial charge on any atom is -0.497 e. The molecule has 2 aromatic carbocycles. The molecule has 0 aromatic heterocycles. The Labute approximate surface area is 107 Å². The topological polar surface area (TPSA) is 38.7 Å². The summed E-state index contributed by atoms with van der Waals surface area (Å²) in [6.07, 6.45) is -0.666. The normalized spacial score (nSPS) is 11.9. The Morgan fingerprint density at radius 2 is 1.72 bits per heavy atom. The van der Waals surface area contributed by atoms with E-state index in [1.807, 2.05) is 48.5 Å². The molecular weight excluding hydrogens is 228 g/mol. The van der Waals surface area contributed by atoms with E-state index in [1.165, 1.54) is 0 Å². The maximum Gasteiger partial charge on any atom is 0.119 e. The van der Waals surface area contributed by atoms with E-state index in [9.17, 15) is 5.11 Å². The summed E-state index contributed by atoms with van der Waals surface area (Å²) in [5, 5.41) is 10.0. The number of benzene rings is 2. The van der Waals surface area contributed by atoms with Crippen LogP contribution in [-0.4, -0.2) is 18.8 Å². The van der Waals surface area contributed by atoms with Crippen molar-refractivity contribution in [1.82, 2.24) is 0 Å². The first-order valence-corrected chi connectivity index (χ1v) is 5.79. The number of hydrogen-bond donors (Lipinski definition) is 1. The average Bonchev–Trinajstić information content (AvgIpc) is 2.46. The van der Waals surface area contributed by atoms with Crippen molar-refractivity contribution >= 4 is 0 Å². The van der Waals surface area contributed by atoms with E-state index in [1.54, 1.807) is 13.2 Å². The Balaban J connectivity index is 1.97. The molecule has 0 radical (unpaired) electrons. The highest BCUT2D eigenvalue weighted by Gasteiger charge is 2.09. The summed E-state index contributed by atoms with van der Waals surface area (Å²) in [5.41, 5.74) is 0.783. The van der Waals surface area contributed by atoms with Gasteiger partial charge in [-0.05, 0) is 29.8 Å². The third-order valence-corrected chi connectivity index (χ3v) is 2.63. The van der Waals surface area contributed by atoms with Crippen LogP contribution in [-0.2, 0) is 0 Å². The molecule has 0 aliphatic carbocycles. The van der Waals surface area contributed by atoms with Crippen molar-refractivity contribution in [3.8, 4) is 11.5 Å². The second kappa shape index (κ2) is 6.07. The monoisotopic (exact) mass is 244 g/mol. The summed E-state index contributed by atoms with van der Waals surface area (Å²) in [6, 6.07) is 16.8. The molecule has 18 heavy (non-hydrogen) atoms. The van der Waals surface area contributed by atoms with E-state index in [-0.39, 0.29) is 6.61 Å². The van der Waals surface area contributed by atoms with Gasteiger partial charge in [0.15, 0.2) is 0 Å². The van der Waals surface area contributed by atoms with Gasteiger partial charge in [-0.1, -0.05) is 30.3 Å². The second-order valence-electron chi connectivity index (χ2n) is 3.92. The molecule has 0 aliphatic heterocycles. The van der Waals surface area contributed by atoms with Crippen molar-refractivity contribution in [3.05, 3.63) is 60.2 Å². The third kappa shape index (κ3) is 3.25. The minimum absolute atomic E-state index is 0.219. The van der Waals surface area contributed by atoms with E-state index in [2.05, 4.69) is 0 Å². The fourth-order valence-electron chi connectivity index (χ4n) is 1.64. The van der Waals surface area contributed by atoms with Crippen LogP contribution >= 0.6 is 0 Å². The van der Waals surface area contributed by atoms with E-state index in [0.717, 1.165) is 17.1 Å². The first-order chi connectivity index (χ1) is 8.79. The smallest absolute Gasteiger partial charge is 0.119 e. The molecule has 0 spiro atoms. The largest absolute Gasteiger partial charge is 0.497 e. The molecule has 0 amide bonds. The second-order valence-corrected chi connectivity index (χ2v) is 3.92. The zero-order valence-electron chi connectivity index (χ0n) is 10.2. The fourth-order valence-corrected chi connectivity index (χ4v) is 1.64. The first kappa shape index (κ1) is 12.5. The molecule has 0 bridgehead atoms. The lowest BCUT2D eigenvalue weighted by Crippen LogP contribution is -2.09. The molecule has 0 heterocycles. The predicted octanol–water partition coefficient (Wildman–Crippen LogP) is 2.81. The number of para-hydroxylation sites is 1. The molecule has 3 nitrogen and oxygen atoms in total. The lowest BCUT2D eigenvalue weighted by atomic mass is 10.1. The lowest BCUT2D eigenvalue weighted by Gasteiger charge is -2.13. The van der Waals surface area contributed by atoms with E-state index < -0.39 is 6.10 Å². The van der Waals surface area contributed by atoms with Gasteiger partial charge in [-0.25, -0.2) is 0 Å². The third-order valence-electron chi connectivity index (χ3n) is 2.63. The predicted molar refractivity (Wildman–Crippen MR) is 69.9 cm³/mol.